The summed E-state index contributed by atoms with van der Waals surface area (Å²) in [6.45, 7) is 1.38. The van der Waals surface area contributed by atoms with E-state index in [2.05, 4.69) is 16.8 Å². The van der Waals surface area contributed by atoms with Crippen LogP contribution < -0.4 is 0 Å². The molecule has 0 aliphatic carbocycles. The highest BCUT2D eigenvalue weighted by atomic mass is 32.2. The van der Waals surface area contributed by atoms with Crippen molar-refractivity contribution in [2.75, 3.05) is 31.2 Å². The highest BCUT2D eigenvalue weighted by molar-refractivity contribution is 7.99. The lowest BCUT2D eigenvalue weighted by atomic mass is 10.2. The van der Waals surface area contributed by atoms with Gasteiger partial charge in [0, 0.05) is 42.6 Å². The summed E-state index contributed by atoms with van der Waals surface area (Å²) in [6.07, 6.45) is 3.15. The summed E-state index contributed by atoms with van der Waals surface area (Å²) >= 11 is 1.87. The third-order valence-electron chi connectivity index (χ3n) is 2.60. The zero-order valence-electron chi connectivity index (χ0n) is 9.93. The van der Waals surface area contributed by atoms with Gasteiger partial charge < -0.3 is 10.0 Å². The van der Waals surface area contributed by atoms with Gasteiger partial charge in [-0.2, -0.15) is 11.8 Å². The number of carbonyl (C=O) groups is 1. The second kappa shape index (κ2) is 6.43. The van der Waals surface area contributed by atoms with Gasteiger partial charge >= 0.3 is 0 Å². The number of rotatable bonds is 1. The number of aliphatic hydroxyl groups excluding tert-OH is 1. The fraction of sp³-hybridized carbons (Fsp3) is 0.385. The molecule has 0 unspecified atom stereocenters. The average molecular weight is 262 g/mol. The molecular formula is C13H14N2O2S. The number of carbonyl (C=O) groups excluding carboxylic acids is 1. The summed E-state index contributed by atoms with van der Waals surface area (Å²) in [7, 11) is 0. The molecule has 4 nitrogen and oxygen atoms in total. The van der Waals surface area contributed by atoms with Crippen molar-refractivity contribution in [2.45, 2.75) is 0 Å². The minimum atomic E-state index is -0.193. The van der Waals surface area contributed by atoms with Crippen LogP contribution in [0.5, 0.6) is 0 Å². The van der Waals surface area contributed by atoms with Crippen molar-refractivity contribution in [3.8, 4) is 11.8 Å². The largest absolute Gasteiger partial charge is 0.384 e. The summed E-state index contributed by atoms with van der Waals surface area (Å²) in [6, 6.07) is 1.72. The van der Waals surface area contributed by atoms with Crippen LogP contribution in [0.2, 0.25) is 0 Å². The highest BCUT2D eigenvalue weighted by Crippen LogP contribution is 2.13. The number of pyridine rings is 1. The van der Waals surface area contributed by atoms with Gasteiger partial charge in [0.05, 0.1) is 5.56 Å². The van der Waals surface area contributed by atoms with Crippen molar-refractivity contribution < 1.29 is 9.90 Å². The van der Waals surface area contributed by atoms with E-state index in [-0.39, 0.29) is 12.5 Å². The number of nitrogens with zero attached hydrogens (tertiary/aromatic N) is 2. The molecule has 0 spiro atoms. The van der Waals surface area contributed by atoms with Crippen LogP contribution in [0, 0.1) is 11.8 Å². The zero-order chi connectivity index (χ0) is 12.8. The van der Waals surface area contributed by atoms with E-state index in [0.717, 1.165) is 24.6 Å². The van der Waals surface area contributed by atoms with Crippen molar-refractivity contribution in [1.82, 2.24) is 9.88 Å². The van der Waals surface area contributed by atoms with Crippen LogP contribution >= 0.6 is 11.8 Å². The summed E-state index contributed by atoms with van der Waals surface area (Å²) < 4.78 is 0. The highest BCUT2D eigenvalue weighted by Gasteiger charge is 2.18. The first kappa shape index (κ1) is 12.9. The Morgan fingerprint density at radius 3 is 2.94 bits per heavy atom. The maximum atomic E-state index is 12.2. The first-order valence-electron chi connectivity index (χ1n) is 5.73. The molecular weight excluding hydrogens is 248 g/mol. The number of aromatic nitrogens is 1. The molecule has 2 rings (SSSR count). The first-order valence-corrected chi connectivity index (χ1v) is 6.88. The molecule has 0 aromatic carbocycles. The fourth-order valence-electron chi connectivity index (χ4n) is 1.72. The molecule has 1 aliphatic heterocycles. The lowest BCUT2D eigenvalue weighted by Gasteiger charge is -2.26. The molecule has 1 saturated heterocycles. The molecule has 0 bridgehead atoms. The minimum absolute atomic E-state index is 0.00967. The predicted molar refractivity (Wildman–Crippen MR) is 71.4 cm³/mol. The van der Waals surface area contributed by atoms with Gasteiger partial charge in [-0.1, -0.05) is 11.8 Å². The molecule has 1 aromatic rings. The number of aliphatic hydroxyl groups is 1. The van der Waals surface area contributed by atoms with Crippen molar-refractivity contribution >= 4 is 17.7 Å². The molecule has 0 atom stereocenters. The standard InChI is InChI=1S/C13H14N2O2S/c16-5-1-2-11-8-12(10-14-9-11)13(17)15-3-6-18-7-4-15/h8-10,16H,3-7H2. The van der Waals surface area contributed by atoms with Crippen LogP contribution in [-0.4, -0.2) is 52.1 Å². The van der Waals surface area contributed by atoms with Crippen LogP contribution in [0.15, 0.2) is 18.5 Å². The predicted octanol–water partition coefficient (Wildman–Crippen LogP) is 0.614. The molecule has 18 heavy (non-hydrogen) atoms. The van der Waals surface area contributed by atoms with Crippen molar-refractivity contribution in [2.24, 2.45) is 0 Å². The molecule has 0 saturated carbocycles. The topological polar surface area (TPSA) is 53.4 Å². The fourth-order valence-corrected chi connectivity index (χ4v) is 2.62. The number of amides is 1. The average Bonchev–Trinajstić information content (AvgIpc) is 2.45. The Morgan fingerprint density at radius 1 is 1.44 bits per heavy atom. The SMILES string of the molecule is O=C(c1cncc(C#CCO)c1)N1CCSCC1. The second-order valence-electron chi connectivity index (χ2n) is 3.83. The van der Waals surface area contributed by atoms with Gasteiger partial charge in [-0.25, -0.2) is 0 Å². The number of thioether (sulfide) groups is 1. The van der Waals surface area contributed by atoms with E-state index in [9.17, 15) is 4.79 Å². The van der Waals surface area contributed by atoms with Crippen molar-refractivity contribution in [1.29, 1.82) is 0 Å². The Balaban J connectivity index is 2.14. The summed E-state index contributed by atoms with van der Waals surface area (Å²) in [4.78, 5) is 18.1. The lowest BCUT2D eigenvalue weighted by molar-refractivity contribution is 0.0772. The van der Waals surface area contributed by atoms with Crippen molar-refractivity contribution in [3.05, 3.63) is 29.6 Å². The van der Waals surface area contributed by atoms with Crippen LogP contribution in [-0.2, 0) is 0 Å². The molecule has 1 aromatic heterocycles. The van der Waals surface area contributed by atoms with Gasteiger partial charge in [-0.3, -0.25) is 9.78 Å². The van der Waals surface area contributed by atoms with E-state index in [1.165, 1.54) is 0 Å². The Kier molecular flexibility index (Phi) is 4.62. The van der Waals surface area contributed by atoms with Gasteiger partial charge in [0.15, 0.2) is 0 Å². The summed E-state index contributed by atoms with van der Waals surface area (Å²) in [5.41, 5.74) is 1.22. The molecule has 94 valence electrons. The van der Waals surface area contributed by atoms with Crippen LogP contribution in [0.25, 0.3) is 0 Å². The van der Waals surface area contributed by atoms with Gasteiger partial charge in [0.1, 0.15) is 6.61 Å². The van der Waals surface area contributed by atoms with E-state index in [1.807, 2.05) is 16.7 Å². The number of hydrogen-bond donors (Lipinski definition) is 1. The van der Waals surface area contributed by atoms with Gasteiger partial charge in [-0.15, -0.1) is 0 Å². The van der Waals surface area contributed by atoms with E-state index in [0.29, 0.717) is 11.1 Å². The minimum Gasteiger partial charge on any atom is -0.384 e. The first-order chi connectivity index (χ1) is 8.81. The molecule has 1 aliphatic rings. The van der Waals surface area contributed by atoms with Crippen LogP contribution in [0.3, 0.4) is 0 Å². The molecule has 1 amide bonds. The van der Waals surface area contributed by atoms with E-state index in [4.69, 9.17) is 5.11 Å². The van der Waals surface area contributed by atoms with E-state index < -0.39 is 0 Å². The van der Waals surface area contributed by atoms with Crippen molar-refractivity contribution in [3.63, 3.8) is 0 Å². The quantitative estimate of drug-likeness (QED) is 0.754. The molecule has 1 N–H and O–H groups in total. The van der Waals surface area contributed by atoms with Gasteiger partial charge in [0.25, 0.3) is 5.91 Å². The van der Waals surface area contributed by atoms with Gasteiger partial charge in [-0.05, 0) is 6.07 Å². The molecule has 1 fully saturated rings. The number of hydrogen-bond acceptors (Lipinski definition) is 4. The second-order valence-corrected chi connectivity index (χ2v) is 5.05. The third kappa shape index (κ3) is 3.25. The third-order valence-corrected chi connectivity index (χ3v) is 3.54. The van der Waals surface area contributed by atoms with Crippen LogP contribution in [0.1, 0.15) is 15.9 Å². The molecule has 2 heterocycles. The van der Waals surface area contributed by atoms with E-state index in [1.54, 1.807) is 18.5 Å². The molecule has 0 radical (unpaired) electrons. The summed E-state index contributed by atoms with van der Waals surface area (Å²) in [5, 5.41) is 8.64. The Bertz CT molecular complexity index is 487. The maximum absolute atomic E-state index is 12.2. The lowest BCUT2D eigenvalue weighted by Crippen LogP contribution is -2.37. The normalized spacial score (nSPS) is 14.8. The Morgan fingerprint density at radius 2 is 2.22 bits per heavy atom. The van der Waals surface area contributed by atoms with E-state index >= 15 is 0 Å². The Labute approximate surface area is 110 Å². The summed E-state index contributed by atoms with van der Waals surface area (Å²) in [5.74, 6) is 7.29. The zero-order valence-corrected chi connectivity index (χ0v) is 10.7. The Hall–Kier alpha value is -1.51. The maximum Gasteiger partial charge on any atom is 0.255 e. The monoisotopic (exact) mass is 262 g/mol. The van der Waals surface area contributed by atoms with Crippen LogP contribution in [0.4, 0.5) is 0 Å². The smallest absolute Gasteiger partial charge is 0.255 e. The van der Waals surface area contributed by atoms with Gasteiger partial charge in [0.2, 0.25) is 0 Å². The molecule has 5 heteroatoms.